The van der Waals surface area contributed by atoms with Crippen molar-refractivity contribution in [3.05, 3.63) is 16.6 Å². The Morgan fingerprint density at radius 2 is 2.53 bits per heavy atom. The van der Waals surface area contributed by atoms with E-state index in [1.165, 1.54) is 30.6 Å². The average Bonchev–Trinajstić information content (AvgIpc) is 2.78. The van der Waals surface area contributed by atoms with Crippen LogP contribution in [0.3, 0.4) is 0 Å². The fourth-order valence-electron chi connectivity index (χ4n) is 2.70. The molecule has 0 bridgehead atoms. The molecule has 1 aliphatic rings. The molecule has 0 spiro atoms. The maximum atomic E-state index is 4.15. The van der Waals surface area contributed by atoms with Crippen LogP contribution in [0.15, 0.2) is 11.7 Å². The van der Waals surface area contributed by atoms with Crippen molar-refractivity contribution >= 4 is 11.3 Å². The normalized spacial score (nSPS) is 30.9. The van der Waals surface area contributed by atoms with E-state index in [0.717, 1.165) is 12.6 Å². The number of nitrogens with one attached hydrogen (secondary N) is 1. The van der Waals surface area contributed by atoms with Crippen LogP contribution >= 0.6 is 11.3 Å². The van der Waals surface area contributed by atoms with E-state index in [0.29, 0.717) is 5.41 Å². The summed E-state index contributed by atoms with van der Waals surface area (Å²) in [7, 11) is 0. The van der Waals surface area contributed by atoms with Gasteiger partial charge in [0.15, 0.2) is 0 Å². The van der Waals surface area contributed by atoms with Crippen molar-refractivity contribution < 1.29 is 0 Å². The van der Waals surface area contributed by atoms with E-state index < -0.39 is 0 Å². The zero-order valence-electron chi connectivity index (χ0n) is 9.62. The molecule has 1 fully saturated rings. The summed E-state index contributed by atoms with van der Waals surface area (Å²) < 4.78 is 0. The molecule has 2 nitrogen and oxygen atoms in total. The van der Waals surface area contributed by atoms with Crippen LogP contribution in [0.1, 0.15) is 38.0 Å². The van der Waals surface area contributed by atoms with Gasteiger partial charge < -0.3 is 5.32 Å². The summed E-state index contributed by atoms with van der Waals surface area (Å²) >= 11 is 1.79. The van der Waals surface area contributed by atoms with Gasteiger partial charge in [0, 0.05) is 17.1 Å². The second kappa shape index (κ2) is 4.62. The minimum absolute atomic E-state index is 0.499. The highest BCUT2D eigenvalue weighted by atomic mass is 32.1. The average molecular weight is 224 g/mol. The molecule has 1 aromatic rings. The Hall–Kier alpha value is -0.410. The summed E-state index contributed by atoms with van der Waals surface area (Å²) in [6.07, 6.45) is 7.24. The molecule has 3 heteroatoms. The van der Waals surface area contributed by atoms with Crippen LogP contribution in [-0.4, -0.2) is 17.6 Å². The fourth-order valence-corrected chi connectivity index (χ4v) is 3.51. The van der Waals surface area contributed by atoms with E-state index in [1.807, 2.05) is 11.7 Å². The first-order valence-corrected chi connectivity index (χ1v) is 6.70. The molecule has 1 saturated carbocycles. The largest absolute Gasteiger partial charge is 0.314 e. The summed E-state index contributed by atoms with van der Waals surface area (Å²) in [5, 5.41) is 3.57. The predicted molar refractivity (Wildman–Crippen MR) is 65.2 cm³/mol. The summed E-state index contributed by atoms with van der Waals surface area (Å²) in [6.45, 7) is 5.71. The number of thiazole rings is 1. The highest BCUT2D eigenvalue weighted by Crippen LogP contribution is 2.41. The molecule has 2 rings (SSSR count). The van der Waals surface area contributed by atoms with E-state index >= 15 is 0 Å². The fraction of sp³-hybridized carbons (Fsp3) is 0.750. The van der Waals surface area contributed by atoms with Crippen molar-refractivity contribution in [2.45, 2.75) is 45.6 Å². The molecule has 0 radical (unpaired) electrons. The quantitative estimate of drug-likeness (QED) is 0.850. The van der Waals surface area contributed by atoms with E-state index in [4.69, 9.17) is 0 Å². The molecule has 2 atom stereocenters. The van der Waals surface area contributed by atoms with Crippen LogP contribution in [0.25, 0.3) is 0 Å². The molecule has 1 heterocycles. The second-order valence-corrected chi connectivity index (χ2v) is 5.92. The van der Waals surface area contributed by atoms with Crippen molar-refractivity contribution in [3.8, 4) is 0 Å². The Balaban J connectivity index is 1.92. The summed E-state index contributed by atoms with van der Waals surface area (Å²) in [6, 6.07) is 0.743. The molecular weight excluding hydrogens is 204 g/mol. The summed E-state index contributed by atoms with van der Waals surface area (Å²) in [5.41, 5.74) is 2.44. The molecule has 2 unspecified atom stereocenters. The molecule has 1 aliphatic carbocycles. The number of hydrogen-bond donors (Lipinski definition) is 1. The minimum Gasteiger partial charge on any atom is -0.314 e. The monoisotopic (exact) mass is 224 g/mol. The molecular formula is C12H20N2S. The second-order valence-electron chi connectivity index (χ2n) is 4.95. The number of rotatable bonds is 4. The van der Waals surface area contributed by atoms with Crippen LogP contribution < -0.4 is 5.32 Å². The van der Waals surface area contributed by atoms with Gasteiger partial charge in [0.2, 0.25) is 0 Å². The van der Waals surface area contributed by atoms with Gasteiger partial charge in [-0.15, -0.1) is 11.3 Å². The number of nitrogens with zero attached hydrogens (tertiary/aromatic N) is 1. The van der Waals surface area contributed by atoms with Gasteiger partial charge in [0.25, 0.3) is 0 Å². The van der Waals surface area contributed by atoms with Gasteiger partial charge in [0.1, 0.15) is 0 Å². The molecule has 0 amide bonds. The molecule has 1 aromatic heterocycles. The summed E-state index contributed by atoms with van der Waals surface area (Å²) in [4.78, 5) is 5.59. The van der Waals surface area contributed by atoms with Crippen LogP contribution in [0.4, 0.5) is 0 Å². The van der Waals surface area contributed by atoms with Crippen molar-refractivity contribution in [1.29, 1.82) is 0 Å². The van der Waals surface area contributed by atoms with Gasteiger partial charge >= 0.3 is 0 Å². The van der Waals surface area contributed by atoms with Gasteiger partial charge in [-0.25, -0.2) is 0 Å². The SMILES string of the molecule is CCNC1CCC(C)(Cc2cncs2)C1. The third kappa shape index (κ3) is 2.79. The highest BCUT2D eigenvalue weighted by molar-refractivity contribution is 7.09. The maximum Gasteiger partial charge on any atom is 0.0794 e. The van der Waals surface area contributed by atoms with Gasteiger partial charge in [-0.05, 0) is 37.6 Å². The first-order chi connectivity index (χ1) is 7.22. The van der Waals surface area contributed by atoms with Crippen molar-refractivity contribution in [2.75, 3.05) is 6.54 Å². The smallest absolute Gasteiger partial charge is 0.0794 e. The molecule has 84 valence electrons. The van der Waals surface area contributed by atoms with Gasteiger partial charge in [-0.1, -0.05) is 13.8 Å². The van der Waals surface area contributed by atoms with E-state index in [2.05, 4.69) is 24.1 Å². The topological polar surface area (TPSA) is 24.9 Å². The molecule has 1 N–H and O–H groups in total. The van der Waals surface area contributed by atoms with Gasteiger partial charge in [0.05, 0.1) is 5.51 Å². The lowest BCUT2D eigenvalue weighted by molar-refractivity contribution is 0.325. The zero-order valence-corrected chi connectivity index (χ0v) is 10.4. The Labute approximate surface area is 96.1 Å². The lowest BCUT2D eigenvalue weighted by Gasteiger charge is -2.23. The lowest BCUT2D eigenvalue weighted by Crippen LogP contribution is -2.27. The van der Waals surface area contributed by atoms with Crippen LogP contribution in [0.5, 0.6) is 0 Å². The summed E-state index contributed by atoms with van der Waals surface area (Å²) in [5.74, 6) is 0. The number of aromatic nitrogens is 1. The first-order valence-electron chi connectivity index (χ1n) is 5.82. The zero-order chi connectivity index (χ0) is 10.7. The lowest BCUT2D eigenvalue weighted by atomic mass is 9.84. The third-order valence-corrected chi connectivity index (χ3v) is 4.19. The van der Waals surface area contributed by atoms with Crippen molar-refractivity contribution in [2.24, 2.45) is 5.41 Å². The molecule has 15 heavy (non-hydrogen) atoms. The minimum atomic E-state index is 0.499. The van der Waals surface area contributed by atoms with Crippen molar-refractivity contribution in [3.63, 3.8) is 0 Å². The Bertz CT molecular complexity index is 297. The van der Waals surface area contributed by atoms with E-state index in [-0.39, 0.29) is 0 Å². The molecule has 0 saturated heterocycles. The van der Waals surface area contributed by atoms with Crippen molar-refractivity contribution in [1.82, 2.24) is 10.3 Å². The Kier molecular flexibility index (Phi) is 3.42. The molecule has 0 aliphatic heterocycles. The number of hydrogen-bond acceptors (Lipinski definition) is 3. The van der Waals surface area contributed by atoms with E-state index in [9.17, 15) is 0 Å². The molecule has 0 aromatic carbocycles. The predicted octanol–water partition coefficient (Wildman–Crippen LogP) is 2.85. The van der Waals surface area contributed by atoms with Gasteiger partial charge in [-0.3, -0.25) is 4.98 Å². The third-order valence-electron chi connectivity index (χ3n) is 3.41. The Morgan fingerprint density at radius 1 is 1.67 bits per heavy atom. The highest BCUT2D eigenvalue weighted by Gasteiger charge is 2.34. The standard InChI is InChI=1S/C12H20N2S/c1-3-14-10-4-5-12(2,6-10)7-11-8-13-9-15-11/h8-10,14H,3-7H2,1-2H3. The van der Waals surface area contributed by atoms with E-state index in [1.54, 1.807) is 11.3 Å². The van der Waals surface area contributed by atoms with Gasteiger partial charge in [-0.2, -0.15) is 0 Å². The van der Waals surface area contributed by atoms with Crippen LogP contribution in [0, 0.1) is 5.41 Å². The maximum absolute atomic E-state index is 4.15. The van der Waals surface area contributed by atoms with Crippen LogP contribution in [-0.2, 0) is 6.42 Å². The van der Waals surface area contributed by atoms with Crippen LogP contribution in [0.2, 0.25) is 0 Å². The Morgan fingerprint density at radius 3 is 3.20 bits per heavy atom. The first kappa shape index (κ1) is 11.1.